The lowest BCUT2D eigenvalue weighted by Gasteiger charge is -2.23. The van der Waals surface area contributed by atoms with Gasteiger partial charge < -0.3 is 9.84 Å². The molecule has 1 aliphatic heterocycles. The number of unbranched alkanes of at least 4 members (excludes halogenated alkanes) is 3. The molecule has 7 nitrogen and oxygen atoms in total. The molecule has 3 heterocycles. The fraction of sp³-hybridized carbons (Fsp3) is 0.280. The zero-order chi connectivity index (χ0) is 23.2. The number of hydrogen-bond donors (Lipinski definition) is 1. The van der Waals surface area contributed by atoms with E-state index in [1.54, 1.807) is 23.7 Å². The molecule has 3 aromatic rings. The van der Waals surface area contributed by atoms with Crippen LogP contribution in [0.3, 0.4) is 0 Å². The van der Waals surface area contributed by atoms with Gasteiger partial charge in [-0.2, -0.15) is 0 Å². The summed E-state index contributed by atoms with van der Waals surface area (Å²) in [6.45, 7) is 2.81. The van der Waals surface area contributed by atoms with Crippen LogP contribution >= 0.6 is 11.3 Å². The largest absolute Gasteiger partial charge is 0.507 e. The predicted octanol–water partition coefficient (Wildman–Crippen LogP) is 5.12. The number of aromatic nitrogens is 2. The smallest absolute Gasteiger partial charge is 0.301 e. The molecule has 1 aromatic carbocycles. The van der Waals surface area contributed by atoms with Crippen molar-refractivity contribution in [2.45, 2.75) is 38.6 Å². The van der Waals surface area contributed by atoms with Crippen molar-refractivity contribution in [1.82, 2.24) is 9.97 Å². The summed E-state index contributed by atoms with van der Waals surface area (Å²) in [6, 6.07) is 9.67. The number of pyridine rings is 1. The van der Waals surface area contributed by atoms with Gasteiger partial charge in [-0.05, 0) is 36.2 Å². The van der Waals surface area contributed by atoms with E-state index in [0.717, 1.165) is 18.6 Å². The highest BCUT2D eigenvalue weighted by atomic mass is 32.1. The number of aliphatic hydroxyl groups is 1. The summed E-state index contributed by atoms with van der Waals surface area (Å²) < 4.78 is 5.83. The van der Waals surface area contributed by atoms with E-state index in [9.17, 15) is 14.7 Å². The number of anilines is 1. The number of Topliss-reactive ketones (excluding diaryl/α,β-unsaturated/α-hetero) is 1. The maximum absolute atomic E-state index is 13.0. The normalized spacial score (nSPS) is 17.5. The highest BCUT2D eigenvalue weighted by Gasteiger charge is 2.47. The van der Waals surface area contributed by atoms with Gasteiger partial charge in [0.05, 0.1) is 18.2 Å². The second kappa shape index (κ2) is 10.4. The van der Waals surface area contributed by atoms with E-state index >= 15 is 0 Å². The van der Waals surface area contributed by atoms with Gasteiger partial charge in [0.1, 0.15) is 11.5 Å². The molecule has 170 valence electrons. The van der Waals surface area contributed by atoms with Crippen LogP contribution in [-0.4, -0.2) is 33.4 Å². The van der Waals surface area contributed by atoms with Gasteiger partial charge >= 0.3 is 5.91 Å². The van der Waals surface area contributed by atoms with Crippen LogP contribution in [0.4, 0.5) is 5.13 Å². The lowest BCUT2D eigenvalue weighted by molar-refractivity contribution is -0.132. The van der Waals surface area contributed by atoms with E-state index in [-0.39, 0.29) is 11.3 Å². The molecule has 0 bridgehead atoms. The highest BCUT2D eigenvalue weighted by molar-refractivity contribution is 7.14. The van der Waals surface area contributed by atoms with Gasteiger partial charge in [-0.25, -0.2) is 4.98 Å². The Balaban J connectivity index is 1.68. The van der Waals surface area contributed by atoms with Gasteiger partial charge in [0.15, 0.2) is 5.13 Å². The molecule has 1 aliphatic rings. The molecule has 2 aromatic heterocycles. The number of aliphatic hydroxyl groups excluding tert-OH is 1. The monoisotopic (exact) mass is 463 g/mol. The third-order valence-electron chi connectivity index (χ3n) is 5.49. The quantitative estimate of drug-likeness (QED) is 0.205. The molecule has 1 unspecified atom stereocenters. The molecule has 0 radical (unpaired) electrons. The third kappa shape index (κ3) is 4.80. The number of hydrogen-bond acceptors (Lipinski definition) is 7. The molecule has 8 heteroatoms. The van der Waals surface area contributed by atoms with E-state index in [1.807, 2.05) is 24.3 Å². The third-order valence-corrected chi connectivity index (χ3v) is 6.26. The molecule has 0 saturated carbocycles. The predicted molar refractivity (Wildman–Crippen MR) is 127 cm³/mol. The van der Waals surface area contributed by atoms with E-state index in [2.05, 4.69) is 16.9 Å². The van der Waals surface area contributed by atoms with E-state index in [4.69, 9.17) is 4.74 Å². The summed E-state index contributed by atoms with van der Waals surface area (Å²) in [4.78, 5) is 35.6. The Kier molecular flexibility index (Phi) is 7.14. The zero-order valence-corrected chi connectivity index (χ0v) is 19.1. The number of carbonyl (C=O) groups excluding carboxylic acids is 2. The average Bonchev–Trinajstić information content (AvgIpc) is 3.46. The second-order valence-corrected chi connectivity index (χ2v) is 8.57. The first-order valence-corrected chi connectivity index (χ1v) is 11.8. The average molecular weight is 464 g/mol. The fourth-order valence-corrected chi connectivity index (χ4v) is 4.48. The van der Waals surface area contributed by atoms with Crippen LogP contribution in [-0.2, 0) is 9.59 Å². The standard InChI is InChI=1S/C25H25N3O4S/c1-2-3-4-5-15-32-19-8-6-17(7-9-19)21-20(22(29)18-10-12-26-13-11-18)23(30)24(31)28(21)25-27-14-16-33-25/h6-14,16,21,29H,2-5,15H2,1H3/b22-20+. The number of thiazole rings is 1. The van der Waals surface area contributed by atoms with Crippen molar-refractivity contribution in [1.29, 1.82) is 0 Å². The number of rotatable bonds is 9. The summed E-state index contributed by atoms with van der Waals surface area (Å²) in [5.74, 6) is -0.991. The summed E-state index contributed by atoms with van der Waals surface area (Å²) in [7, 11) is 0. The number of ether oxygens (including phenoxy) is 1. The molecular weight excluding hydrogens is 438 g/mol. The Bertz CT molecular complexity index is 1130. The van der Waals surface area contributed by atoms with Crippen LogP contribution in [0.25, 0.3) is 5.76 Å². The lowest BCUT2D eigenvalue weighted by Crippen LogP contribution is -2.29. The Morgan fingerprint density at radius 1 is 1.06 bits per heavy atom. The molecule has 4 rings (SSSR count). The molecule has 0 spiro atoms. The van der Waals surface area contributed by atoms with Gasteiger partial charge in [0, 0.05) is 29.5 Å². The summed E-state index contributed by atoms with van der Waals surface area (Å²) in [6.07, 6.45) is 9.10. The Morgan fingerprint density at radius 2 is 1.82 bits per heavy atom. The Morgan fingerprint density at radius 3 is 2.48 bits per heavy atom. The van der Waals surface area contributed by atoms with Gasteiger partial charge in [-0.15, -0.1) is 11.3 Å². The second-order valence-electron chi connectivity index (χ2n) is 7.70. The van der Waals surface area contributed by atoms with Crippen molar-refractivity contribution in [3.63, 3.8) is 0 Å². The lowest BCUT2D eigenvalue weighted by atomic mass is 9.95. The van der Waals surface area contributed by atoms with Crippen molar-refractivity contribution in [3.8, 4) is 5.75 Å². The summed E-state index contributed by atoms with van der Waals surface area (Å²) in [5, 5.41) is 13.1. The number of benzene rings is 1. The number of nitrogens with zero attached hydrogens (tertiary/aromatic N) is 3. The Labute approximate surface area is 196 Å². The van der Waals surface area contributed by atoms with Crippen molar-refractivity contribution < 1.29 is 19.4 Å². The number of carbonyl (C=O) groups is 2. The molecule has 33 heavy (non-hydrogen) atoms. The van der Waals surface area contributed by atoms with Crippen LogP contribution < -0.4 is 9.64 Å². The minimum Gasteiger partial charge on any atom is -0.507 e. The molecular formula is C25H25N3O4S. The van der Waals surface area contributed by atoms with Crippen molar-refractivity contribution >= 4 is 33.9 Å². The topological polar surface area (TPSA) is 92.6 Å². The van der Waals surface area contributed by atoms with Gasteiger partial charge in [-0.3, -0.25) is 19.5 Å². The van der Waals surface area contributed by atoms with Crippen molar-refractivity contribution in [2.75, 3.05) is 11.5 Å². The highest BCUT2D eigenvalue weighted by Crippen LogP contribution is 2.42. The van der Waals surface area contributed by atoms with E-state index in [0.29, 0.717) is 22.9 Å². The number of amides is 1. The molecule has 1 saturated heterocycles. The summed E-state index contributed by atoms with van der Waals surface area (Å²) in [5.41, 5.74) is 1.12. The Hall–Kier alpha value is -3.52. The van der Waals surface area contributed by atoms with E-state index in [1.165, 1.54) is 41.5 Å². The molecule has 1 N–H and O–H groups in total. The summed E-state index contributed by atoms with van der Waals surface area (Å²) >= 11 is 1.26. The zero-order valence-electron chi connectivity index (χ0n) is 18.3. The fourth-order valence-electron chi connectivity index (χ4n) is 3.81. The minimum absolute atomic E-state index is 0.0228. The first-order valence-electron chi connectivity index (χ1n) is 11.0. The molecule has 1 amide bonds. The maximum Gasteiger partial charge on any atom is 0.301 e. The van der Waals surface area contributed by atoms with Crippen molar-refractivity contribution in [3.05, 3.63) is 77.1 Å². The minimum atomic E-state index is -0.803. The van der Waals surface area contributed by atoms with Crippen LogP contribution in [0.15, 0.2) is 65.9 Å². The van der Waals surface area contributed by atoms with Crippen LogP contribution in [0.2, 0.25) is 0 Å². The van der Waals surface area contributed by atoms with E-state index < -0.39 is 17.7 Å². The SMILES string of the molecule is CCCCCCOc1ccc(C2/C(=C(\O)c3ccncc3)C(=O)C(=O)N2c2nccs2)cc1. The van der Waals surface area contributed by atoms with Crippen molar-refractivity contribution in [2.24, 2.45) is 0 Å². The van der Waals surface area contributed by atoms with Gasteiger partial charge in [0.25, 0.3) is 5.78 Å². The van der Waals surface area contributed by atoms with Crippen LogP contribution in [0.1, 0.15) is 49.8 Å². The first-order chi connectivity index (χ1) is 16.1. The van der Waals surface area contributed by atoms with Crippen LogP contribution in [0.5, 0.6) is 5.75 Å². The first kappa shape index (κ1) is 22.7. The number of ketones is 1. The molecule has 1 fully saturated rings. The molecule has 1 atom stereocenters. The molecule has 0 aliphatic carbocycles. The maximum atomic E-state index is 13.0. The van der Waals surface area contributed by atoms with Gasteiger partial charge in [-0.1, -0.05) is 38.3 Å². The van der Waals surface area contributed by atoms with Gasteiger partial charge in [0.2, 0.25) is 0 Å². The van der Waals surface area contributed by atoms with Crippen LogP contribution in [0, 0.1) is 0 Å².